The van der Waals surface area contributed by atoms with Gasteiger partial charge in [0.15, 0.2) is 0 Å². The number of rotatable bonds is 2. The van der Waals surface area contributed by atoms with Gasteiger partial charge in [0.25, 0.3) is 0 Å². The molecule has 0 aliphatic heterocycles. The summed E-state index contributed by atoms with van der Waals surface area (Å²) in [5, 5.41) is 12.0. The van der Waals surface area contributed by atoms with Crippen molar-refractivity contribution >= 4 is 27.5 Å². The van der Waals surface area contributed by atoms with Gasteiger partial charge < -0.3 is 5.32 Å². The maximum absolute atomic E-state index is 13.8. The zero-order valence-electron chi connectivity index (χ0n) is 11.1. The van der Waals surface area contributed by atoms with Crippen LogP contribution in [0.5, 0.6) is 0 Å². The third-order valence-electron chi connectivity index (χ3n) is 3.79. The van der Waals surface area contributed by atoms with E-state index in [1.54, 1.807) is 6.07 Å². The van der Waals surface area contributed by atoms with Crippen LogP contribution in [-0.4, -0.2) is 5.91 Å². The van der Waals surface area contributed by atoms with Crippen molar-refractivity contribution in [3.8, 4) is 6.07 Å². The Hall–Kier alpha value is -1.41. The number of carbonyl (C=O) groups excluding carboxylic acids is 1. The maximum atomic E-state index is 13.8. The first-order chi connectivity index (χ1) is 9.57. The monoisotopic (exact) mass is 338 g/mol. The molecule has 0 radical (unpaired) electrons. The first-order valence-corrected chi connectivity index (χ1v) is 7.54. The molecule has 1 aliphatic rings. The lowest BCUT2D eigenvalue weighted by Gasteiger charge is -2.23. The Bertz CT molecular complexity index is 545. The highest BCUT2D eigenvalue weighted by Crippen LogP contribution is 2.36. The smallest absolute Gasteiger partial charge is 0.244 e. The summed E-state index contributed by atoms with van der Waals surface area (Å²) in [5.74, 6) is -0.891. The predicted octanol–water partition coefficient (Wildman–Crippen LogP) is 4.39. The van der Waals surface area contributed by atoms with Gasteiger partial charge in [-0.3, -0.25) is 4.79 Å². The van der Waals surface area contributed by atoms with Gasteiger partial charge in [0.05, 0.1) is 11.8 Å². The molecule has 0 spiro atoms. The van der Waals surface area contributed by atoms with E-state index in [1.807, 2.05) is 0 Å². The molecule has 0 bridgehead atoms. The Labute approximate surface area is 126 Å². The summed E-state index contributed by atoms with van der Waals surface area (Å²) in [6, 6.07) is 6.61. The van der Waals surface area contributed by atoms with Crippen LogP contribution >= 0.6 is 15.9 Å². The maximum Gasteiger partial charge on any atom is 0.244 e. The fourth-order valence-electron chi connectivity index (χ4n) is 2.55. The molecular formula is C15H16BrFN2O. The van der Waals surface area contributed by atoms with Gasteiger partial charge in [-0.05, 0) is 31.0 Å². The highest BCUT2D eigenvalue weighted by Gasteiger charge is 2.39. The Morgan fingerprint density at radius 3 is 2.50 bits per heavy atom. The Morgan fingerprint density at radius 1 is 1.30 bits per heavy atom. The van der Waals surface area contributed by atoms with Crippen molar-refractivity contribution in [2.75, 3.05) is 5.32 Å². The number of nitriles is 1. The second kappa shape index (κ2) is 6.36. The lowest BCUT2D eigenvalue weighted by molar-refractivity contribution is -0.123. The molecule has 1 aromatic rings. The molecule has 0 atom stereocenters. The van der Waals surface area contributed by atoms with Gasteiger partial charge >= 0.3 is 0 Å². The summed E-state index contributed by atoms with van der Waals surface area (Å²) in [6.45, 7) is 0. The van der Waals surface area contributed by atoms with Crippen LogP contribution in [0, 0.1) is 22.6 Å². The molecule has 3 nitrogen and oxygen atoms in total. The van der Waals surface area contributed by atoms with E-state index in [2.05, 4.69) is 27.3 Å². The molecule has 2 rings (SSSR count). The standard InChI is InChI=1S/C15H16BrFN2O/c16-11-5-6-13(12(17)9-11)19-14(20)15(10-18)7-3-1-2-4-8-15/h5-6,9H,1-4,7-8H2,(H,19,20). The van der Waals surface area contributed by atoms with Crippen LogP contribution in [0.1, 0.15) is 38.5 Å². The lowest BCUT2D eigenvalue weighted by Crippen LogP contribution is -2.34. The van der Waals surface area contributed by atoms with Crippen molar-refractivity contribution in [3.05, 3.63) is 28.5 Å². The summed E-state index contributed by atoms with van der Waals surface area (Å²) in [4.78, 5) is 12.4. The van der Waals surface area contributed by atoms with Crippen LogP contribution in [0.3, 0.4) is 0 Å². The van der Waals surface area contributed by atoms with E-state index in [-0.39, 0.29) is 11.6 Å². The lowest BCUT2D eigenvalue weighted by atomic mass is 9.81. The highest BCUT2D eigenvalue weighted by atomic mass is 79.9. The van der Waals surface area contributed by atoms with Crippen LogP contribution in [-0.2, 0) is 4.79 Å². The summed E-state index contributed by atoms with van der Waals surface area (Å²) in [6.07, 6.45) is 4.92. The number of carbonyl (C=O) groups is 1. The number of hydrogen-bond acceptors (Lipinski definition) is 2. The topological polar surface area (TPSA) is 52.9 Å². The molecule has 0 aromatic heterocycles. The summed E-state index contributed by atoms with van der Waals surface area (Å²) < 4.78 is 14.4. The Morgan fingerprint density at radius 2 is 1.95 bits per heavy atom. The zero-order valence-corrected chi connectivity index (χ0v) is 12.7. The SMILES string of the molecule is N#CC1(C(=O)Nc2ccc(Br)cc2F)CCCCCC1. The summed E-state index contributed by atoms with van der Waals surface area (Å²) in [7, 11) is 0. The Kier molecular flexibility index (Phi) is 4.77. The molecule has 106 valence electrons. The number of nitrogens with one attached hydrogen (secondary N) is 1. The van der Waals surface area contributed by atoms with E-state index in [0.717, 1.165) is 25.7 Å². The van der Waals surface area contributed by atoms with Crippen molar-refractivity contribution in [1.82, 2.24) is 0 Å². The minimum Gasteiger partial charge on any atom is -0.322 e. The first-order valence-electron chi connectivity index (χ1n) is 6.75. The average molecular weight is 339 g/mol. The largest absolute Gasteiger partial charge is 0.322 e. The molecule has 0 saturated heterocycles. The van der Waals surface area contributed by atoms with E-state index >= 15 is 0 Å². The van der Waals surface area contributed by atoms with Crippen molar-refractivity contribution < 1.29 is 9.18 Å². The van der Waals surface area contributed by atoms with Gasteiger partial charge in [0, 0.05) is 4.47 Å². The van der Waals surface area contributed by atoms with E-state index in [0.29, 0.717) is 17.3 Å². The highest BCUT2D eigenvalue weighted by molar-refractivity contribution is 9.10. The summed E-state index contributed by atoms with van der Waals surface area (Å²) >= 11 is 3.17. The van der Waals surface area contributed by atoms with E-state index < -0.39 is 11.2 Å². The first kappa shape index (κ1) is 15.0. The van der Waals surface area contributed by atoms with Gasteiger partial charge in [-0.15, -0.1) is 0 Å². The number of amides is 1. The van der Waals surface area contributed by atoms with Crippen molar-refractivity contribution in [1.29, 1.82) is 5.26 Å². The van der Waals surface area contributed by atoms with Gasteiger partial charge in [-0.25, -0.2) is 4.39 Å². The molecule has 1 amide bonds. The van der Waals surface area contributed by atoms with E-state index in [4.69, 9.17) is 0 Å². The minimum atomic E-state index is -1.02. The van der Waals surface area contributed by atoms with Crippen LogP contribution in [0.2, 0.25) is 0 Å². The minimum absolute atomic E-state index is 0.122. The van der Waals surface area contributed by atoms with Gasteiger partial charge in [-0.1, -0.05) is 41.6 Å². The number of hydrogen-bond donors (Lipinski definition) is 1. The number of nitrogens with zero attached hydrogens (tertiary/aromatic N) is 1. The molecule has 1 aromatic carbocycles. The van der Waals surface area contributed by atoms with Crippen molar-refractivity contribution in [2.24, 2.45) is 5.41 Å². The third-order valence-corrected chi connectivity index (χ3v) is 4.28. The third kappa shape index (κ3) is 3.18. The van der Waals surface area contributed by atoms with Crippen molar-refractivity contribution in [3.63, 3.8) is 0 Å². The number of anilines is 1. The average Bonchev–Trinajstić information content (AvgIpc) is 2.68. The second-order valence-electron chi connectivity index (χ2n) is 5.19. The molecular weight excluding hydrogens is 323 g/mol. The second-order valence-corrected chi connectivity index (χ2v) is 6.10. The van der Waals surface area contributed by atoms with E-state index in [1.165, 1.54) is 12.1 Å². The molecule has 1 saturated carbocycles. The van der Waals surface area contributed by atoms with Crippen LogP contribution < -0.4 is 5.32 Å². The fraction of sp³-hybridized carbons (Fsp3) is 0.467. The molecule has 0 heterocycles. The Balaban J connectivity index is 2.19. The molecule has 5 heteroatoms. The van der Waals surface area contributed by atoms with Crippen LogP contribution in [0.4, 0.5) is 10.1 Å². The molecule has 1 N–H and O–H groups in total. The summed E-state index contributed by atoms with van der Waals surface area (Å²) in [5.41, 5.74) is -0.896. The number of benzene rings is 1. The zero-order chi connectivity index (χ0) is 14.6. The molecule has 20 heavy (non-hydrogen) atoms. The number of halogens is 2. The van der Waals surface area contributed by atoms with Crippen LogP contribution in [0.15, 0.2) is 22.7 Å². The van der Waals surface area contributed by atoms with Crippen molar-refractivity contribution in [2.45, 2.75) is 38.5 Å². The predicted molar refractivity (Wildman–Crippen MR) is 78.5 cm³/mol. The van der Waals surface area contributed by atoms with Gasteiger partial charge in [0.1, 0.15) is 11.2 Å². The fourth-order valence-corrected chi connectivity index (χ4v) is 2.89. The molecule has 1 aliphatic carbocycles. The van der Waals surface area contributed by atoms with Gasteiger partial charge in [-0.2, -0.15) is 5.26 Å². The normalized spacial score (nSPS) is 17.9. The van der Waals surface area contributed by atoms with Crippen LogP contribution in [0.25, 0.3) is 0 Å². The molecule has 0 unspecified atom stereocenters. The van der Waals surface area contributed by atoms with Gasteiger partial charge in [0.2, 0.25) is 5.91 Å². The van der Waals surface area contributed by atoms with E-state index in [9.17, 15) is 14.4 Å². The molecule has 1 fully saturated rings. The quantitative estimate of drug-likeness (QED) is 0.813.